The van der Waals surface area contributed by atoms with Gasteiger partial charge in [0.1, 0.15) is 5.82 Å². The zero-order valence-electron chi connectivity index (χ0n) is 16.5. The average molecular weight is 386 g/mol. The van der Waals surface area contributed by atoms with E-state index in [9.17, 15) is 4.39 Å². The first kappa shape index (κ1) is 17.9. The highest BCUT2D eigenvalue weighted by Gasteiger charge is 2.23. The molecule has 0 radical (unpaired) electrons. The normalized spacial score (nSPS) is 13.7. The molecule has 1 aliphatic heterocycles. The Morgan fingerprint density at radius 1 is 1.07 bits per heavy atom. The maximum atomic E-state index is 13.9. The van der Waals surface area contributed by atoms with Crippen LogP contribution in [0.1, 0.15) is 22.6 Å². The van der Waals surface area contributed by atoms with E-state index in [0.717, 1.165) is 60.5 Å². The molecule has 0 atom stereocenters. The van der Waals surface area contributed by atoms with Gasteiger partial charge in [0, 0.05) is 42.0 Å². The van der Waals surface area contributed by atoms with Crippen molar-refractivity contribution in [3.05, 3.63) is 89.4 Å². The molecule has 0 unspecified atom stereocenters. The molecule has 2 aromatic heterocycles. The number of rotatable bonds is 4. The van der Waals surface area contributed by atoms with Crippen molar-refractivity contribution in [3.63, 3.8) is 0 Å². The number of hydrogen-bond acceptors (Lipinski definition) is 3. The molecule has 0 aliphatic carbocycles. The van der Waals surface area contributed by atoms with Gasteiger partial charge in [0.2, 0.25) is 0 Å². The summed E-state index contributed by atoms with van der Waals surface area (Å²) in [6, 6.07) is 17.4. The molecule has 5 heteroatoms. The first-order valence-electron chi connectivity index (χ1n) is 10.1. The van der Waals surface area contributed by atoms with Crippen LogP contribution in [0.25, 0.3) is 10.9 Å². The van der Waals surface area contributed by atoms with Crippen LogP contribution in [0.3, 0.4) is 0 Å². The van der Waals surface area contributed by atoms with Crippen LogP contribution in [-0.4, -0.2) is 21.1 Å². The van der Waals surface area contributed by atoms with Gasteiger partial charge in [0.15, 0.2) is 0 Å². The minimum absolute atomic E-state index is 0.229. The summed E-state index contributed by atoms with van der Waals surface area (Å²) in [5.74, 6) is -0.229. The molecule has 0 N–H and O–H groups in total. The predicted octanol–water partition coefficient (Wildman–Crippen LogP) is 4.68. The van der Waals surface area contributed by atoms with Crippen molar-refractivity contribution in [1.82, 2.24) is 14.5 Å². The van der Waals surface area contributed by atoms with Gasteiger partial charge in [-0.3, -0.25) is 4.98 Å². The number of nitrogens with zero attached hydrogens (tertiary/aromatic N) is 4. The summed E-state index contributed by atoms with van der Waals surface area (Å²) < 4.78 is 16.2. The van der Waals surface area contributed by atoms with Crippen LogP contribution in [-0.2, 0) is 25.9 Å². The van der Waals surface area contributed by atoms with Gasteiger partial charge in [-0.2, -0.15) is 0 Å². The SMILES string of the molecule is Cc1cc(N2CCc3c(ncn3CCc3ccccc3)C2)c2cc(F)ccc2n1. The molecular weight excluding hydrogens is 363 g/mol. The molecule has 0 spiro atoms. The Hall–Kier alpha value is -3.21. The third-order valence-corrected chi connectivity index (χ3v) is 5.69. The van der Waals surface area contributed by atoms with Crippen molar-refractivity contribution in [2.45, 2.75) is 32.9 Å². The number of benzene rings is 2. The topological polar surface area (TPSA) is 34.0 Å². The summed E-state index contributed by atoms with van der Waals surface area (Å²) in [7, 11) is 0. The van der Waals surface area contributed by atoms with Crippen LogP contribution < -0.4 is 4.90 Å². The number of pyridine rings is 1. The van der Waals surface area contributed by atoms with E-state index < -0.39 is 0 Å². The molecular formula is C24H23FN4. The van der Waals surface area contributed by atoms with Crippen LogP contribution in [0.2, 0.25) is 0 Å². The lowest BCUT2D eigenvalue weighted by Crippen LogP contribution is -2.31. The van der Waals surface area contributed by atoms with E-state index >= 15 is 0 Å². The predicted molar refractivity (Wildman–Crippen MR) is 114 cm³/mol. The summed E-state index contributed by atoms with van der Waals surface area (Å²) in [5.41, 5.74) is 6.59. The molecule has 0 saturated carbocycles. The number of fused-ring (bicyclic) bond motifs is 2. The van der Waals surface area contributed by atoms with Crippen molar-refractivity contribution in [3.8, 4) is 0 Å². The van der Waals surface area contributed by atoms with Crippen LogP contribution in [0.15, 0.2) is 60.9 Å². The molecule has 0 saturated heterocycles. The first-order valence-corrected chi connectivity index (χ1v) is 10.1. The highest BCUT2D eigenvalue weighted by atomic mass is 19.1. The van der Waals surface area contributed by atoms with Crippen molar-refractivity contribution >= 4 is 16.6 Å². The molecule has 0 fully saturated rings. The zero-order chi connectivity index (χ0) is 19.8. The third-order valence-electron chi connectivity index (χ3n) is 5.69. The summed E-state index contributed by atoms with van der Waals surface area (Å²) in [6.45, 7) is 4.55. The largest absolute Gasteiger partial charge is 0.365 e. The van der Waals surface area contributed by atoms with E-state index in [1.165, 1.54) is 17.3 Å². The van der Waals surface area contributed by atoms with E-state index in [2.05, 4.69) is 44.8 Å². The number of halogens is 1. The van der Waals surface area contributed by atoms with Crippen molar-refractivity contribution in [2.24, 2.45) is 0 Å². The van der Waals surface area contributed by atoms with Gasteiger partial charge in [-0.25, -0.2) is 9.37 Å². The minimum atomic E-state index is -0.229. The lowest BCUT2D eigenvalue weighted by molar-refractivity contribution is 0.624. The Bertz CT molecular complexity index is 1170. The fourth-order valence-electron chi connectivity index (χ4n) is 4.23. The molecule has 29 heavy (non-hydrogen) atoms. The lowest BCUT2D eigenvalue weighted by Gasteiger charge is -2.30. The Morgan fingerprint density at radius 3 is 2.79 bits per heavy atom. The van der Waals surface area contributed by atoms with Crippen LogP contribution in [0.4, 0.5) is 10.1 Å². The van der Waals surface area contributed by atoms with Gasteiger partial charge in [-0.1, -0.05) is 30.3 Å². The van der Waals surface area contributed by atoms with E-state index in [1.54, 1.807) is 12.1 Å². The molecule has 146 valence electrons. The number of aromatic nitrogens is 3. The highest BCUT2D eigenvalue weighted by molar-refractivity contribution is 5.92. The molecule has 5 rings (SSSR count). The maximum Gasteiger partial charge on any atom is 0.124 e. The monoisotopic (exact) mass is 386 g/mol. The van der Waals surface area contributed by atoms with Crippen LogP contribution in [0, 0.1) is 12.7 Å². The van der Waals surface area contributed by atoms with Crippen molar-refractivity contribution in [1.29, 1.82) is 0 Å². The van der Waals surface area contributed by atoms with Gasteiger partial charge in [0.25, 0.3) is 0 Å². The van der Waals surface area contributed by atoms with E-state index in [4.69, 9.17) is 4.98 Å². The standard InChI is InChI=1S/C24H23FN4/c1-17-13-24(20-14-19(25)7-8-21(20)27-17)28-12-10-23-22(15-28)26-16-29(23)11-9-18-5-3-2-4-6-18/h2-8,13-14,16H,9-12,15H2,1H3. The summed E-state index contributed by atoms with van der Waals surface area (Å²) in [4.78, 5) is 11.6. The molecule has 3 heterocycles. The summed E-state index contributed by atoms with van der Waals surface area (Å²) >= 11 is 0. The molecule has 1 aliphatic rings. The van der Waals surface area contributed by atoms with Crippen molar-refractivity contribution in [2.75, 3.05) is 11.4 Å². The number of imidazole rings is 1. The van der Waals surface area contributed by atoms with Gasteiger partial charge in [0.05, 0.1) is 24.1 Å². The minimum Gasteiger partial charge on any atom is -0.365 e. The fraction of sp³-hybridized carbons (Fsp3) is 0.250. The Labute approximate surface area is 169 Å². The summed E-state index contributed by atoms with van der Waals surface area (Å²) in [5, 5.41) is 0.863. The second-order valence-corrected chi connectivity index (χ2v) is 7.68. The Balaban J connectivity index is 1.40. The fourth-order valence-corrected chi connectivity index (χ4v) is 4.23. The number of hydrogen-bond donors (Lipinski definition) is 0. The number of aryl methyl sites for hydroxylation is 3. The second-order valence-electron chi connectivity index (χ2n) is 7.68. The smallest absolute Gasteiger partial charge is 0.124 e. The second kappa shape index (κ2) is 7.32. The van der Waals surface area contributed by atoms with Gasteiger partial charge >= 0.3 is 0 Å². The summed E-state index contributed by atoms with van der Waals surface area (Å²) in [6.07, 6.45) is 3.90. The Morgan fingerprint density at radius 2 is 1.93 bits per heavy atom. The first-order chi connectivity index (χ1) is 14.2. The highest BCUT2D eigenvalue weighted by Crippen LogP contribution is 2.31. The van der Waals surface area contributed by atoms with Gasteiger partial charge < -0.3 is 9.47 Å². The average Bonchev–Trinajstić information content (AvgIpc) is 3.15. The van der Waals surface area contributed by atoms with Crippen molar-refractivity contribution < 1.29 is 4.39 Å². The van der Waals surface area contributed by atoms with Gasteiger partial charge in [-0.05, 0) is 43.2 Å². The lowest BCUT2D eigenvalue weighted by atomic mass is 10.1. The number of anilines is 1. The van der Waals surface area contributed by atoms with Crippen LogP contribution >= 0.6 is 0 Å². The maximum absolute atomic E-state index is 13.9. The zero-order valence-corrected chi connectivity index (χ0v) is 16.5. The molecule has 2 aromatic carbocycles. The van der Waals surface area contributed by atoms with Crippen LogP contribution in [0.5, 0.6) is 0 Å². The quantitative estimate of drug-likeness (QED) is 0.510. The molecule has 4 aromatic rings. The Kier molecular flexibility index (Phi) is 4.51. The van der Waals surface area contributed by atoms with E-state index in [-0.39, 0.29) is 5.82 Å². The van der Waals surface area contributed by atoms with E-state index in [1.807, 2.05) is 19.3 Å². The molecule has 0 bridgehead atoms. The van der Waals surface area contributed by atoms with E-state index in [0.29, 0.717) is 0 Å². The molecule has 4 nitrogen and oxygen atoms in total. The third kappa shape index (κ3) is 3.48. The molecule has 0 amide bonds. The van der Waals surface area contributed by atoms with Gasteiger partial charge in [-0.15, -0.1) is 0 Å².